The van der Waals surface area contributed by atoms with Crippen molar-refractivity contribution < 1.29 is 32.6 Å². The molecule has 0 amide bonds. The fraction of sp³-hybridized carbons (Fsp3) is 0.450. The van der Waals surface area contributed by atoms with E-state index in [0.29, 0.717) is 0 Å². The van der Waals surface area contributed by atoms with Crippen molar-refractivity contribution in [2.24, 2.45) is 5.92 Å². The summed E-state index contributed by atoms with van der Waals surface area (Å²) < 4.78 is 43.6. The number of para-hydroxylation sites is 1. The summed E-state index contributed by atoms with van der Waals surface area (Å²) in [4.78, 5) is 27.4. The van der Waals surface area contributed by atoms with Crippen LogP contribution in [0.25, 0.3) is 0 Å². The van der Waals surface area contributed by atoms with Crippen LogP contribution in [-0.4, -0.2) is 50.0 Å². The number of aliphatic hydroxyl groups is 1. The molecule has 0 radical (unpaired) electrons. The number of Topliss-reactive ketones (excluding diaryl/α,β-unsaturated/α-hetero) is 1. The Kier molecular flexibility index (Phi) is 7.75. The topological polar surface area (TPSA) is 143 Å². The first-order valence-electron chi connectivity index (χ1n) is 9.97. The van der Waals surface area contributed by atoms with Crippen LogP contribution in [0.5, 0.6) is 5.75 Å². The number of carbonyl (C=O) groups excluding carboxylic acids is 1. The zero-order valence-electron chi connectivity index (χ0n) is 17.8. The van der Waals surface area contributed by atoms with E-state index in [4.69, 9.17) is 19.5 Å². The molecule has 0 spiro atoms. The minimum absolute atomic E-state index is 0.0627. The first kappa shape index (κ1) is 25.5. The maximum absolute atomic E-state index is 15.3. The van der Waals surface area contributed by atoms with Gasteiger partial charge in [0.25, 0.3) is 0 Å². The number of hydrogen-bond acceptors (Lipinski definition) is 9. The zero-order valence-corrected chi connectivity index (χ0v) is 20.3. The van der Waals surface area contributed by atoms with Gasteiger partial charge in [-0.25, -0.2) is 13.8 Å². The van der Waals surface area contributed by atoms with Crippen molar-refractivity contribution in [3.63, 3.8) is 0 Å². The highest BCUT2D eigenvalue weighted by atomic mass is 79.9. The highest BCUT2D eigenvalue weighted by Crippen LogP contribution is 2.52. The fourth-order valence-electron chi connectivity index (χ4n) is 3.12. The van der Waals surface area contributed by atoms with Crippen molar-refractivity contribution in [1.82, 2.24) is 9.55 Å². The number of aromatic nitrogens is 2. The van der Waals surface area contributed by atoms with Gasteiger partial charge in [-0.05, 0) is 41.1 Å². The number of benzene rings is 1. The molecule has 3 N–H and O–H groups in total. The molecule has 0 aliphatic carbocycles. The molecule has 180 valence electrons. The fourth-order valence-corrected chi connectivity index (χ4v) is 5.72. The predicted molar refractivity (Wildman–Crippen MR) is 121 cm³/mol. The first-order chi connectivity index (χ1) is 15.4. The Labute approximate surface area is 197 Å². The van der Waals surface area contributed by atoms with E-state index in [1.165, 1.54) is 19.2 Å². The molecule has 1 fully saturated rings. The molecule has 2 unspecified atom stereocenters. The summed E-state index contributed by atoms with van der Waals surface area (Å²) in [5, 5.41) is 10.5. The lowest BCUT2D eigenvalue weighted by Crippen LogP contribution is -2.40. The summed E-state index contributed by atoms with van der Waals surface area (Å²) in [5.41, 5.74) is 4.57. The van der Waals surface area contributed by atoms with Crippen LogP contribution in [0.3, 0.4) is 0 Å². The van der Waals surface area contributed by atoms with Crippen LogP contribution in [-0.2, 0) is 18.6 Å². The number of carbonyl (C=O) groups is 1. The van der Waals surface area contributed by atoms with Gasteiger partial charge in [-0.3, -0.25) is 13.9 Å². The largest absolute Gasteiger partial charge is 0.424 e. The molecular formula is C20H24BrFN3O7P. The summed E-state index contributed by atoms with van der Waals surface area (Å²) >= 11 is 2.78. The van der Waals surface area contributed by atoms with E-state index in [1.54, 1.807) is 37.3 Å². The van der Waals surface area contributed by atoms with Crippen LogP contribution in [0, 0.1) is 5.92 Å². The van der Waals surface area contributed by atoms with Crippen molar-refractivity contribution in [3.05, 3.63) is 53.1 Å². The normalized spacial score (nSPS) is 27.6. The second-order valence-electron chi connectivity index (χ2n) is 7.69. The van der Waals surface area contributed by atoms with Crippen LogP contribution < -0.4 is 15.9 Å². The van der Waals surface area contributed by atoms with Crippen LogP contribution in [0.2, 0.25) is 0 Å². The molecule has 1 aliphatic heterocycles. The number of nitrogens with zero attached hydrogens (tertiary/aromatic N) is 2. The second-order valence-corrected chi connectivity index (χ2v) is 10.9. The zero-order chi connectivity index (χ0) is 24.4. The SMILES string of the molecule is CC(=O)[C@H](C)CP(=O)(OC[C@H]1O[C@@H](n2ccc(N)nc2=O)[C@@](F)(Br)C1O)Oc1ccccc1. The number of nitrogens with two attached hydrogens (primary N) is 1. The standard InChI is InChI=1S/C20H24BrFN3O7P/c1-12(13(2)26)11-33(29,32-14-6-4-3-5-7-14)30-10-15-17(27)20(21,22)18(31-15)25-9-8-16(23)24-19(25)28/h3-9,12,15,17-18,27H,10-11H2,1-2H3,(H2,23,24,28)/t12-,15-,17?,18-,20-,33?/m1/s1. The summed E-state index contributed by atoms with van der Waals surface area (Å²) in [7, 11) is -3.93. The molecule has 0 bridgehead atoms. The Hall–Kier alpha value is -2.11. The average molecular weight is 548 g/mol. The maximum atomic E-state index is 15.3. The van der Waals surface area contributed by atoms with E-state index in [0.717, 1.165) is 4.57 Å². The van der Waals surface area contributed by atoms with Crippen LogP contribution in [0.1, 0.15) is 20.1 Å². The maximum Gasteiger partial charge on any atom is 0.379 e. The van der Waals surface area contributed by atoms with Crippen molar-refractivity contribution in [2.75, 3.05) is 18.5 Å². The molecular weight excluding hydrogens is 524 g/mol. The number of rotatable bonds is 9. The summed E-state index contributed by atoms with van der Waals surface area (Å²) in [6.07, 6.45) is -3.79. The highest BCUT2D eigenvalue weighted by Gasteiger charge is 2.57. The van der Waals surface area contributed by atoms with E-state index < -0.39 is 48.8 Å². The Bertz CT molecular complexity index is 1100. The Morgan fingerprint density at radius 2 is 2.09 bits per heavy atom. The molecule has 2 heterocycles. The third kappa shape index (κ3) is 5.88. The smallest absolute Gasteiger partial charge is 0.379 e. The minimum atomic E-state index is -3.93. The highest BCUT2D eigenvalue weighted by molar-refractivity contribution is 9.10. The molecule has 1 aromatic heterocycles. The number of halogens is 2. The molecule has 1 aromatic carbocycles. The molecule has 1 saturated heterocycles. The second kappa shape index (κ2) is 10.0. The number of ketones is 1. The Balaban J connectivity index is 1.80. The van der Waals surface area contributed by atoms with E-state index in [-0.39, 0.29) is 23.5 Å². The van der Waals surface area contributed by atoms with Gasteiger partial charge in [0.05, 0.1) is 12.8 Å². The van der Waals surface area contributed by atoms with Gasteiger partial charge in [-0.15, -0.1) is 0 Å². The number of aliphatic hydroxyl groups excluding tert-OH is 1. The van der Waals surface area contributed by atoms with Gasteiger partial charge < -0.3 is 20.1 Å². The van der Waals surface area contributed by atoms with Crippen LogP contribution >= 0.6 is 23.5 Å². The van der Waals surface area contributed by atoms with E-state index in [2.05, 4.69) is 20.9 Å². The van der Waals surface area contributed by atoms with Gasteiger partial charge in [0, 0.05) is 12.1 Å². The average Bonchev–Trinajstić information content (AvgIpc) is 2.96. The van der Waals surface area contributed by atoms with Crippen molar-refractivity contribution in [1.29, 1.82) is 0 Å². The molecule has 3 rings (SSSR count). The van der Waals surface area contributed by atoms with Crippen molar-refractivity contribution in [2.45, 2.75) is 36.9 Å². The monoisotopic (exact) mass is 547 g/mol. The Morgan fingerprint density at radius 3 is 2.70 bits per heavy atom. The Morgan fingerprint density at radius 1 is 1.42 bits per heavy atom. The predicted octanol–water partition coefficient (Wildman–Crippen LogP) is 2.66. The van der Waals surface area contributed by atoms with Gasteiger partial charge >= 0.3 is 13.3 Å². The first-order valence-corrected chi connectivity index (χ1v) is 12.5. The van der Waals surface area contributed by atoms with Crippen LogP contribution in [0.4, 0.5) is 10.2 Å². The lowest BCUT2D eigenvalue weighted by molar-refractivity contribution is -0.119. The number of ether oxygens (including phenoxy) is 1. The lowest BCUT2D eigenvalue weighted by atomic mass is 10.1. The van der Waals surface area contributed by atoms with E-state index in [1.807, 2.05) is 0 Å². The molecule has 13 heteroatoms. The molecule has 6 atom stereocenters. The molecule has 0 saturated carbocycles. The third-order valence-corrected chi connectivity index (χ3v) is 7.99. The lowest BCUT2D eigenvalue weighted by Gasteiger charge is -2.24. The number of nitrogen functional groups attached to an aromatic ring is 1. The van der Waals surface area contributed by atoms with Gasteiger partial charge in [0.1, 0.15) is 29.6 Å². The molecule has 2 aromatic rings. The van der Waals surface area contributed by atoms with Crippen molar-refractivity contribution >= 4 is 35.1 Å². The third-order valence-electron chi connectivity index (χ3n) is 5.10. The molecule has 10 nitrogen and oxygen atoms in total. The minimum Gasteiger partial charge on any atom is -0.424 e. The summed E-state index contributed by atoms with van der Waals surface area (Å²) in [6.45, 7) is 2.39. The van der Waals surface area contributed by atoms with E-state index >= 15 is 4.39 Å². The quantitative estimate of drug-likeness (QED) is 0.357. The van der Waals surface area contributed by atoms with Gasteiger partial charge in [0.15, 0.2) is 6.23 Å². The van der Waals surface area contributed by atoms with E-state index in [9.17, 15) is 19.3 Å². The summed E-state index contributed by atoms with van der Waals surface area (Å²) in [5.74, 6) is -0.668. The van der Waals surface area contributed by atoms with Gasteiger partial charge in [-0.2, -0.15) is 4.98 Å². The number of anilines is 1. The number of hydrogen-bond donors (Lipinski definition) is 2. The van der Waals surface area contributed by atoms with Gasteiger partial charge in [-0.1, -0.05) is 25.1 Å². The van der Waals surface area contributed by atoms with Crippen LogP contribution in [0.15, 0.2) is 47.4 Å². The molecule has 33 heavy (non-hydrogen) atoms. The number of alkyl halides is 2. The van der Waals surface area contributed by atoms with Crippen molar-refractivity contribution in [3.8, 4) is 5.75 Å². The van der Waals surface area contributed by atoms with Gasteiger partial charge in [0.2, 0.25) is 4.58 Å². The summed E-state index contributed by atoms with van der Waals surface area (Å²) in [6, 6.07) is 9.49. The molecule has 1 aliphatic rings.